The van der Waals surface area contributed by atoms with Gasteiger partial charge in [-0.15, -0.1) is 0 Å². The predicted octanol–water partition coefficient (Wildman–Crippen LogP) is 0.353. The molecule has 0 aromatic heterocycles. The fourth-order valence-electron chi connectivity index (χ4n) is 0.235. The van der Waals surface area contributed by atoms with Crippen molar-refractivity contribution in [3.05, 3.63) is 0 Å². The summed E-state index contributed by atoms with van der Waals surface area (Å²) < 4.78 is 26.3. The van der Waals surface area contributed by atoms with E-state index in [0.717, 1.165) is 0 Å². The maximum atomic E-state index is 11.2. The summed E-state index contributed by atoms with van der Waals surface area (Å²) in [5.41, 5.74) is 0. The standard InChI is InChI=1S/C4H6F2O3/c5-3(6)1-9-2-4(7)8/h3H,1-2H2,(H,7,8). The van der Waals surface area contributed by atoms with Crippen LogP contribution in [-0.2, 0) is 9.53 Å². The lowest BCUT2D eigenvalue weighted by Gasteiger charge is -1.96. The van der Waals surface area contributed by atoms with Crippen LogP contribution in [0.5, 0.6) is 0 Å². The molecule has 0 aromatic rings. The van der Waals surface area contributed by atoms with E-state index in [9.17, 15) is 13.6 Å². The normalized spacial score (nSPS) is 10.1. The van der Waals surface area contributed by atoms with E-state index in [1.165, 1.54) is 0 Å². The highest BCUT2D eigenvalue weighted by Gasteiger charge is 2.03. The van der Waals surface area contributed by atoms with Crippen LogP contribution in [0, 0.1) is 0 Å². The third-order valence-electron chi connectivity index (χ3n) is 0.469. The Morgan fingerprint density at radius 3 is 2.56 bits per heavy atom. The molecule has 0 rings (SSSR count). The van der Waals surface area contributed by atoms with E-state index in [4.69, 9.17) is 5.11 Å². The lowest BCUT2D eigenvalue weighted by molar-refractivity contribution is -0.143. The van der Waals surface area contributed by atoms with Crippen LogP contribution >= 0.6 is 0 Å². The molecular formula is C4H6F2O3. The van der Waals surface area contributed by atoms with E-state index < -0.39 is 25.6 Å². The topological polar surface area (TPSA) is 46.5 Å². The van der Waals surface area contributed by atoms with Gasteiger partial charge in [0.05, 0.1) is 0 Å². The number of aliphatic carboxylic acids is 1. The van der Waals surface area contributed by atoms with E-state index in [1.807, 2.05) is 0 Å². The Hall–Kier alpha value is -0.710. The fourth-order valence-corrected chi connectivity index (χ4v) is 0.235. The van der Waals surface area contributed by atoms with Gasteiger partial charge in [0.1, 0.15) is 13.2 Å². The number of alkyl halides is 2. The number of carboxylic acids is 1. The van der Waals surface area contributed by atoms with Crippen LogP contribution in [0.1, 0.15) is 0 Å². The lowest BCUT2D eigenvalue weighted by Crippen LogP contribution is -2.11. The zero-order valence-electron chi connectivity index (χ0n) is 4.51. The summed E-state index contributed by atoms with van der Waals surface area (Å²) in [6, 6.07) is 0. The van der Waals surface area contributed by atoms with E-state index in [0.29, 0.717) is 0 Å². The highest BCUT2D eigenvalue weighted by Crippen LogP contribution is 1.91. The van der Waals surface area contributed by atoms with Crippen molar-refractivity contribution in [1.29, 1.82) is 0 Å². The Balaban J connectivity index is 3.01. The first-order valence-electron chi connectivity index (χ1n) is 2.20. The molecule has 0 unspecified atom stereocenters. The molecule has 3 nitrogen and oxygen atoms in total. The van der Waals surface area contributed by atoms with E-state index in [2.05, 4.69) is 4.74 Å². The summed E-state index contributed by atoms with van der Waals surface area (Å²) in [6.07, 6.45) is -2.59. The maximum absolute atomic E-state index is 11.2. The summed E-state index contributed by atoms with van der Waals surface area (Å²) in [6.45, 7) is -1.48. The zero-order valence-corrected chi connectivity index (χ0v) is 4.51. The Labute approximate surface area is 50.2 Å². The van der Waals surface area contributed by atoms with Gasteiger partial charge in [0.2, 0.25) is 0 Å². The average Bonchev–Trinajstić information content (AvgIpc) is 1.63. The van der Waals surface area contributed by atoms with Crippen molar-refractivity contribution in [3.8, 4) is 0 Å². The third kappa shape index (κ3) is 7.29. The second-order valence-electron chi connectivity index (χ2n) is 1.30. The van der Waals surface area contributed by atoms with Gasteiger partial charge in [-0.05, 0) is 0 Å². The number of rotatable bonds is 4. The SMILES string of the molecule is O=C(O)COCC(F)F. The van der Waals surface area contributed by atoms with Crippen molar-refractivity contribution >= 4 is 5.97 Å². The molecule has 0 fully saturated rings. The van der Waals surface area contributed by atoms with Crippen LogP contribution in [-0.4, -0.2) is 30.7 Å². The first kappa shape index (κ1) is 8.29. The van der Waals surface area contributed by atoms with Crippen molar-refractivity contribution < 1.29 is 23.4 Å². The molecule has 0 amide bonds. The summed E-state index contributed by atoms with van der Waals surface area (Å²) >= 11 is 0. The second kappa shape index (κ2) is 4.20. The number of hydrogen-bond acceptors (Lipinski definition) is 2. The number of ether oxygens (including phenoxy) is 1. The Morgan fingerprint density at radius 1 is 1.67 bits per heavy atom. The fraction of sp³-hybridized carbons (Fsp3) is 0.750. The van der Waals surface area contributed by atoms with Crippen LogP contribution in [0.4, 0.5) is 8.78 Å². The van der Waals surface area contributed by atoms with Gasteiger partial charge < -0.3 is 9.84 Å². The van der Waals surface area contributed by atoms with Gasteiger partial charge in [0.25, 0.3) is 6.43 Å². The van der Waals surface area contributed by atoms with Gasteiger partial charge in [-0.1, -0.05) is 0 Å². The van der Waals surface area contributed by atoms with Crippen LogP contribution in [0.15, 0.2) is 0 Å². The minimum absolute atomic E-state index is 0.662. The Kier molecular flexibility index (Phi) is 3.87. The molecule has 9 heavy (non-hydrogen) atoms. The number of carbonyl (C=O) groups is 1. The quantitative estimate of drug-likeness (QED) is 0.612. The molecule has 0 aliphatic carbocycles. The number of hydrogen-bond donors (Lipinski definition) is 1. The molecular weight excluding hydrogens is 134 g/mol. The van der Waals surface area contributed by atoms with Crippen molar-refractivity contribution in [1.82, 2.24) is 0 Å². The van der Waals surface area contributed by atoms with E-state index in [-0.39, 0.29) is 0 Å². The lowest BCUT2D eigenvalue weighted by atomic mass is 10.7. The minimum atomic E-state index is -2.59. The molecule has 0 aromatic carbocycles. The van der Waals surface area contributed by atoms with Crippen LogP contribution < -0.4 is 0 Å². The van der Waals surface area contributed by atoms with E-state index in [1.54, 1.807) is 0 Å². The van der Waals surface area contributed by atoms with Gasteiger partial charge in [-0.2, -0.15) is 0 Å². The molecule has 1 N–H and O–H groups in total. The highest BCUT2D eigenvalue weighted by atomic mass is 19.3. The van der Waals surface area contributed by atoms with Crippen molar-refractivity contribution in [3.63, 3.8) is 0 Å². The molecule has 0 aliphatic rings. The second-order valence-corrected chi connectivity index (χ2v) is 1.30. The van der Waals surface area contributed by atoms with Gasteiger partial charge in [0, 0.05) is 0 Å². The summed E-state index contributed by atoms with van der Waals surface area (Å²) in [4.78, 5) is 9.61. The maximum Gasteiger partial charge on any atom is 0.329 e. The summed E-state index contributed by atoms with van der Waals surface area (Å²) in [7, 11) is 0. The molecule has 0 radical (unpaired) electrons. The molecule has 0 bridgehead atoms. The minimum Gasteiger partial charge on any atom is -0.480 e. The van der Waals surface area contributed by atoms with Gasteiger partial charge in [-0.25, -0.2) is 13.6 Å². The van der Waals surface area contributed by atoms with Gasteiger partial charge in [-0.3, -0.25) is 0 Å². The first-order chi connectivity index (χ1) is 4.13. The molecule has 5 heteroatoms. The number of carboxylic acid groups (broad SMARTS) is 1. The highest BCUT2D eigenvalue weighted by molar-refractivity contribution is 5.67. The van der Waals surface area contributed by atoms with Crippen LogP contribution in [0.25, 0.3) is 0 Å². The molecule has 0 atom stereocenters. The average molecular weight is 140 g/mol. The molecule has 0 heterocycles. The monoisotopic (exact) mass is 140 g/mol. The molecule has 0 spiro atoms. The Morgan fingerprint density at radius 2 is 2.22 bits per heavy atom. The first-order valence-corrected chi connectivity index (χ1v) is 2.20. The third-order valence-corrected chi connectivity index (χ3v) is 0.469. The largest absolute Gasteiger partial charge is 0.480 e. The zero-order chi connectivity index (χ0) is 7.28. The molecule has 0 saturated heterocycles. The van der Waals surface area contributed by atoms with Crippen molar-refractivity contribution in [2.75, 3.05) is 13.2 Å². The van der Waals surface area contributed by atoms with Crippen LogP contribution in [0.3, 0.4) is 0 Å². The smallest absolute Gasteiger partial charge is 0.329 e. The van der Waals surface area contributed by atoms with Crippen molar-refractivity contribution in [2.45, 2.75) is 6.43 Å². The number of halogens is 2. The van der Waals surface area contributed by atoms with E-state index >= 15 is 0 Å². The van der Waals surface area contributed by atoms with Gasteiger partial charge >= 0.3 is 5.97 Å². The van der Waals surface area contributed by atoms with Crippen LogP contribution in [0.2, 0.25) is 0 Å². The predicted molar refractivity (Wildman–Crippen MR) is 24.5 cm³/mol. The molecule has 0 aliphatic heterocycles. The molecule has 54 valence electrons. The summed E-state index contributed by atoms with van der Waals surface area (Å²) in [5.74, 6) is -1.24. The molecule has 0 saturated carbocycles. The van der Waals surface area contributed by atoms with Crippen molar-refractivity contribution in [2.24, 2.45) is 0 Å². The Bertz CT molecular complexity index is 93.8. The summed E-state index contributed by atoms with van der Waals surface area (Å²) in [5, 5.41) is 7.86. The van der Waals surface area contributed by atoms with Gasteiger partial charge in [0.15, 0.2) is 0 Å².